The highest BCUT2D eigenvalue weighted by Crippen LogP contribution is 2.45. The number of nitrogens with one attached hydrogen (secondary N) is 2. The van der Waals surface area contributed by atoms with Crippen molar-refractivity contribution in [2.45, 2.75) is 38.0 Å². The highest BCUT2D eigenvalue weighted by atomic mass is 16.6. The van der Waals surface area contributed by atoms with Crippen LogP contribution in [0.3, 0.4) is 0 Å². The van der Waals surface area contributed by atoms with E-state index in [9.17, 15) is 9.59 Å². The van der Waals surface area contributed by atoms with Crippen LogP contribution in [-0.2, 0) is 15.0 Å². The predicted octanol–water partition coefficient (Wildman–Crippen LogP) is 3.42. The number of hydrogen-bond donors (Lipinski definition) is 2. The van der Waals surface area contributed by atoms with Crippen molar-refractivity contribution in [1.29, 1.82) is 0 Å². The van der Waals surface area contributed by atoms with E-state index in [1.165, 1.54) is 0 Å². The van der Waals surface area contributed by atoms with E-state index in [4.69, 9.17) is 14.2 Å². The Morgan fingerprint density at radius 1 is 1.03 bits per heavy atom. The van der Waals surface area contributed by atoms with Gasteiger partial charge in [-0.25, -0.2) is 0 Å². The van der Waals surface area contributed by atoms with Gasteiger partial charge in [-0.1, -0.05) is 25.0 Å². The molecule has 0 atom stereocenters. The zero-order valence-corrected chi connectivity index (χ0v) is 17.7. The molecule has 0 unspecified atom stereocenters. The molecule has 1 fully saturated rings. The van der Waals surface area contributed by atoms with Crippen LogP contribution in [0, 0.1) is 0 Å². The minimum Gasteiger partial charge on any atom is -0.486 e. The van der Waals surface area contributed by atoms with E-state index in [2.05, 4.69) is 10.6 Å². The van der Waals surface area contributed by atoms with Crippen LogP contribution in [0.25, 0.3) is 0 Å². The average molecular weight is 424 g/mol. The summed E-state index contributed by atoms with van der Waals surface area (Å²) in [5, 5.41) is 5.76. The molecule has 7 heteroatoms. The Morgan fingerprint density at radius 2 is 1.81 bits per heavy atom. The first-order chi connectivity index (χ1) is 15.1. The topological polar surface area (TPSA) is 85.9 Å². The monoisotopic (exact) mass is 424 g/mol. The van der Waals surface area contributed by atoms with Gasteiger partial charge in [0.15, 0.2) is 18.1 Å². The summed E-state index contributed by atoms with van der Waals surface area (Å²) in [4.78, 5) is 25.1. The molecule has 2 aliphatic rings. The second kappa shape index (κ2) is 9.29. The number of carbonyl (C=O) groups excluding carboxylic acids is 2. The molecule has 2 N–H and O–H groups in total. The summed E-state index contributed by atoms with van der Waals surface area (Å²) in [6, 6.07) is 12.9. The smallest absolute Gasteiger partial charge is 0.257 e. The highest BCUT2D eigenvalue weighted by Gasteiger charge is 2.43. The first-order valence-electron chi connectivity index (χ1n) is 10.8. The SMILES string of the molecule is CCNC(=O)COc1cccc(NC(=O)C2(c3ccc4c(c3)OCCO4)CCCC2)c1. The molecular formula is C24H28N2O5. The number of carbonyl (C=O) groups is 2. The molecule has 7 nitrogen and oxygen atoms in total. The van der Waals surface area contributed by atoms with Crippen molar-refractivity contribution in [3.63, 3.8) is 0 Å². The Morgan fingerprint density at radius 3 is 2.58 bits per heavy atom. The van der Waals surface area contributed by atoms with Gasteiger partial charge in [-0.15, -0.1) is 0 Å². The van der Waals surface area contributed by atoms with Crippen LogP contribution in [0.2, 0.25) is 0 Å². The Balaban J connectivity index is 1.51. The van der Waals surface area contributed by atoms with Gasteiger partial charge in [0, 0.05) is 18.3 Å². The summed E-state index contributed by atoms with van der Waals surface area (Å²) in [5.74, 6) is 1.73. The normalized spacial score (nSPS) is 16.4. The first-order valence-corrected chi connectivity index (χ1v) is 10.8. The lowest BCUT2D eigenvalue weighted by atomic mass is 9.77. The summed E-state index contributed by atoms with van der Waals surface area (Å²) in [6.45, 7) is 3.40. The molecule has 0 radical (unpaired) electrons. The quantitative estimate of drug-likeness (QED) is 0.711. The van der Waals surface area contributed by atoms with Gasteiger partial charge in [0.05, 0.1) is 5.41 Å². The van der Waals surface area contributed by atoms with E-state index in [1.807, 2.05) is 31.2 Å². The standard InChI is InChI=1S/C24H28N2O5/c1-2-25-22(27)16-31-19-7-5-6-18(15-19)26-23(28)24(10-3-4-11-24)17-8-9-20-21(14-17)30-13-12-29-20/h5-9,14-15H,2-4,10-13,16H2,1H3,(H,25,27)(H,26,28). The van der Waals surface area contributed by atoms with Crippen molar-refractivity contribution in [2.24, 2.45) is 0 Å². The third-order valence-electron chi connectivity index (χ3n) is 5.82. The molecule has 1 heterocycles. The molecule has 31 heavy (non-hydrogen) atoms. The molecular weight excluding hydrogens is 396 g/mol. The lowest BCUT2D eigenvalue weighted by Crippen LogP contribution is -2.38. The van der Waals surface area contributed by atoms with Crippen LogP contribution < -0.4 is 24.8 Å². The van der Waals surface area contributed by atoms with E-state index in [0.29, 0.717) is 36.9 Å². The zero-order valence-electron chi connectivity index (χ0n) is 17.7. The molecule has 0 spiro atoms. The van der Waals surface area contributed by atoms with Gasteiger partial charge in [-0.3, -0.25) is 9.59 Å². The van der Waals surface area contributed by atoms with E-state index in [-0.39, 0.29) is 18.4 Å². The molecule has 2 aromatic carbocycles. The summed E-state index contributed by atoms with van der Waals surface area (Å²) in [5.41, 5.74) is 0.992. The van der Waals surface area contributed by atoms with Crippen molar-refractivity contribution < 1.29 is 23.8 Å². The number of fused-ring (bicyclic) bond motifs is 1. The molecule has 0 aromatic heterocycles. The van der Waals surface area contributed by atoms with Crippen LogP contribution in [-0.4, -0.2) is 38.2 Å². The van der Waals surface area contributed by atoms with Crippen molar-refractivity contribution in [1.82, 2.24) is 5.32 Å². The number of hydrogen-bond acceptors (Lipinski definition) is 5. The fraction of sp³-hybridized carbons (Fsp3) is 0.417. The number of anilines is 1. The minimum atomic E-state index is -0.603. The van der Waals surface area contributed by atoms with Gasteiger partial charge in [-0.05, 0) is 49.6 Å². The summed E-state index contributed by atoms with van der Waals surface area (Å²) >= 11 is 0. The lowest BCUT2D eigenvalue weighted by Gasteiger charge is -2.30. The maximum Gasteiger partial charge on any atom is 0.257 e. The van der Waals surface area contributed by atoms with E-state index < -0.39 is 5.41 Å². The molecule has 4 rings (SSSR count). The fourth-order valence-electron chi connectivity index (χ4n) is 4.28. The second-order valence-electron chi connectivity index (χ2n) is 7.87. The Labute approximate surface area is 182 Å². The predicted molar refractivity (Wildman–Crippen MR) is 117 cm³/mol. The zero-order chi connectivity index (χ0) is 21.7. The maximum absolute atomic E-state index is 13.5. The van der Waals surface area contributed by atoms with Crippen LogP contribution in [0.4, 0.5) is 5.69 Å². The van der Waals surface area contributed by atoms with Gasteiger partial charge in [0.2, 0.25) is 5.91 Å². The largest absolute Gasteiger partial charge is 0.486 e. The van der Waals surface area contributed by atoms with Gasteiger partial charge in [-0.2, -0.15) is 0 Å². The minimum absolute atomic E-state index is 0.0393. The first kappa shape index (κ1) is 21.0. The maximum atomic E-state index is 13.5. The number of rotatable bonds is 7. The van der Waals surface area contributed by atoms with Gasteiger partial charge < -0.3 is 24.8 Å². The van der Waals surface area contributed by atoms with Gasteiger partial charge in [0.1, 0.15) is 19.0 Å². The van der Waals surface area contributed by atoms with E-state index in [0.717, 1.165) is 37.0 Å². The van der Waals surface area contributed by atoms with Gasteiger partial charge in [0.25, 0.3) is 5.91 Å². The molecule has 1 saturated carbocycles. The second-order valence-corrected chi connectivity index (χ2v) is 7.87. The van der Waals surface area contributed by atoms with Crippen molar-refractivity contribution >= 4 is 17.5 Å². The van der Waals surface area contributed by atoms with Crippen LogP contribution >= 0.6 is 0 Å². The average Bonchev–Trinajstić information content (AvgIpc) is 3.29. The third-order valence-corrected chi connectivity index (χ3v) is 5.82. The summed E-state index contributed by atoms with van der Waals surface area (Å²) in [6.07, 6.45) is 3.56. The van der Waals surface area contributed by atoms with Crippen molar-refractivity contribution in [3.8, 4) is 17.2 Å². The molecule has 2 amide bonds. The molecule has 2 aromatic rings. The number of likely N-dealkylation sites (N-methyl/N-ethyl adjacent to an activating group) is 1. The van der Waals surface area contributed by atoms with E-state index in [1.54, 1.807) is 18.2 Å². The molecule has 0 bridgehead atoms. The van der Waals surface area contributed by atoms with Crippen LogP contribution in [0.15, 0.2) is 42.5 Å². The highest BCUT2D eigenvalue weighted by molar-refractivity contribution is 5.99. The molecule has 1 aliphatic carbocycles. The van der Waals surface area contributed by atoms with E-state index >= 15 is 0 Å². The van der Waals surface area contributed by atoms with Gasteiger partial charge >= 0.3 is 0 Å². The number of benzene rings is 2. The summed E-state index contributed by atoms with van der Waals surface area (Å²) in [7, 11) is 0. The third kappa shape index (κ3) is 4.60. The van der Waals surface area contributed by atoms with Crippen molar-refractivity contribution in [2.75, 3.05) is 31.7 Å². The Hall–Kier alpha value is -3.22. The van der Waals surface area contributed by atoms with Crippen LogP contribution in [0.1, 0.15) is 38.2 Å². The number of amides is 2. The Bertz CT molecular complexity index is 953. The fourth-order valence-corrected chi connectivity index (χ4v) is 4.28. The molecule has 0 saturated heterocycles. The number of ether oxygens (including phenoxy) is 3. The lowest BCUT2D eigenvalue weighted by molar-refractivity contribution is -0.123. The Kier molecular flexibility index (Phi) is 6.30. The molecule has 1 aliphatic heterocycles. The molecule has 164 valence electrons. The van der Waals surface area contributed by atoms with Crippen molar-refractivity contribution in [3.05, 3.63) is 48.0 Å². The van der Waals surface area contributed by atoms with Crippen LogP contribution in [0.5, 0.6) is 17.2 Å². The summed E-state index contributed by atoms with van der Waals surface area (Å²) < 4.78 is 16.9.